The Kier molecular flexibility index (Phi) is 7.95. The molecule has 6 nitrogen and oxygen atoms in total. The first-order valence-electron chi connectivity index (χ1n) is 10.9. The van der Waals surface area contributed by atoms with E-state index in [0.717, 1.165) is 32.7 Å². The first kappa shape index (κ1) is 24.3. The molecule has 1 aliphatic carbocycles. The number of rotatable bonds is 5. The van der Waals surface area contributed by atoms with Crippen molar-refractivity contribution in [3.63, 3.8) is 0 Å². The summed E-state index contributed by atoms with van der Waals surface area (Å²) in [6, 6.07) is 11.1. The molecular weight excluding hydrogens is 423 g/mol. The second kappa shape index (κ2) is 10.5. The number of morpholine rings is 1. The molecule has 4 rings (SSSR count). The Morgan fingerprint density at radius 2 is 1.94 bits per heavy atom. The second-order valence-electron chi connectivity index (χ2n) is 8.60. The summed E-state index contributed by atoms with van der Waals surface area (Å²) in [4.78, 5) is 11.5. The number of nitrogens with zero attached hydrogens (tertiary/aromatic N) is 3. The van der Waals surface area contributed by atoms with Gasteiger partial charge in [0.1, 0.15) is 0 Å². The summed E-state index contributed by atoms with van der Waals surface area (Å²) in [5.41, 5.74) is 5.40. The number of aromatic nitrogens is 2. The molecule has 1 fully saturated rings. The molecule has 176 valence electrons. The monoisotopic (exact) mass is 453 g/mol. The Morgan fingerprint density at radius 3 is 2.56 bits per heavy atom. The van der Waals surface area contributed by atoms with Gasteiger partial charge in [0.15, 0.2) is 0 Å². The van der Waals surface area contributed by atoms with Crippen LogP contribution in [0.15, 0.2) is 30.3 Å². The Morgan fingerprint density at radius 1 is 1.25 bits per heavy atom. The fourth-order valence-corrected chi connectivity index (χ4v) is 4.27. The summed E-state index contributed by atoms with van der Waals surface area (Å²) >= 11 is 0. The number of carboxylic acid groups (broad SMARTS) is 1. The molecule has 1 aromatic heterocycles. The molecular formula is C23H30F3N3O3. The molecule has 0 spiro atoms. The van der Waals surface area contributed by atoms with Crippen LogP contribution in [0.4, 0.5) is 13.2 Å². The third-order valence-corrected chi connectivity index (χ3v) is 5.70. The first-order valence-corrected chi connectivity index (χ1v) is 10.9. The van der Waals surface area contributed by atoms with Crippen LogP contribution in [0.1, 0.15) is 43.6 Å². The van der Waals surface area contributed by atoms with Crippen molar-refractivity contribution in [3.05, 3.63) is 47.3 Å². The van der Waals surface area contributed by atoms with Crippen LogP contribution in [0.5, 0.6) is 0 Å². The van der Waals surface area contributed by atoms with E-state index in [9.17, 15) is 13.2 Å². The standard InChI is InChI=1S/C21H29N3O.C2HF3O2/c1-16(2)13-18-15-25-12-11-23(18)14-20-19-9-6-10-21(19)24(22-20)17-7-4-3-5-8-17;3-2(4,5)1(6)7/h3-5,7-8,16,18H,6,9-15H2,1-2H3;(H,6,7)/t18-;/m0./s1. The number of carboxylic acids is 1. The largest absolute Gasteiger partial charge is 0.490 e. The number of carbonyl (C=O) groups is 1. The molecule has 2 heterocycles. The van der Waals surface area contributed by atoms with E-state index in [-0.39, 0.29) is 0 Å². The molecule has 32 heavy (non-hydrogen) atoms. The lowest BCUT2D eigenvalue weighted by Crippen LogP contribution is -2.45. The molecule has 9 heteroatoms. The Balaban J connectivity index is 0.000000360. The summed E-state index contributed by atoms with van der Waals surface area (Å²) < 4.78 is 39.7. The molecule has 0 unspecified atom stereocenters. The van der Waals surface area contributed by atoms with Crippen LogP contribution in [0.2, 0.25) is 0 Å². The fraction of sp³-hybridized carbons (Fsp3) is 0.565. The number of hydrogen-bond acceptors (Lipinski definition) is 4. The predicted octanol–water partition coefficient (Wildman–Crippen LogP) is 4.24. The highest BCUT2D eigenvalue weighted by atomic mass is 19.4. The molecule has 1 saturated heterocycles. The van der Waals surface area contributed by atoms with Crippen LogP contribution in [0.3, 0.4) is 0 Å². The van der Waals surface area contributed by atoms with E-state index in [1.807, 2.05) is 0 Å². The van der Waals surface area contributed by atoms with Gasteiger partial charge in [-0.3, -0.25) is 4.90 Å². The van der Waals surface area contributed by atoms with Crippen molar-refractivity contribution in [1.29, 1.82) is 0 Å². The van der Waals surface area contributed by atoms with Gasteiger partial charge in [0.05, 0.1) is 24.6 Å². The van der Waals surface area contributed by atoms with Crippen LogP contribution in [0, 0.1) is 5.92 Å². The lowest BCUT2D eigenvalue weighted by atomic mass is 10.0. The van der Waals surface area contributed by atoms with E-state index < -0.39 is 12.1 Å². The Bertz CT molecular complexity index is 897. The molecule has 0 saturated carbocycles. The SMILES string of the molecule is CC(C)C[C@H]1COCCN1Cc1nn(-c2ccccc2)c2c1CCC2.O=C(O)C(F)(F)F. The van der Waals surface area contributed by atoms with Crippen LogP contribution < -0.4 is 0 Å². The number of alkyl halides is 3. The zero-order chi connectivity index (χ0) is 23.3. The molecule has 1 aliphatic heterocycles. The van der Waals surface area contributed by atoms with Crippen LogP contribution in [-0.4, -0.2) is 57.7 Å². The van der Waals surface area contributed by atoms with Gasteiger partial charge in [0.25, 0.3) is 0 Å². The number of fused-ring (bicyclic) bond motifs is 1. The van der Waals surface area contributed by atoms with Gasteiger partial charge in [-0.05, 0) is 49.3 Å². The molecule has 0 amide bonds. The summed E-state index contributed by atoms with van der Waals surface area (Å²) in [6.45, 7) is 8.28. The maximum absolute atomic E-state index is 10.6. The van der Waals surface area contributed by atoms with Gasteiger partial charge in [-0.1, -0.05) is 32.0 Å². The number of para-hydroxylation sites is 1. The van der Waals surface area contributed by atoms with Crippen molar-refractivity contribution >= 4 is 5.97 Å². The van der Waals surface area contributed by atoms with Crippen molar-refractivity contribution < 1.29 is 27.8 Å². The van der Waals surface area contributed by atoms with Crippen LogP contribution in [0.25, 0.3) is 5.69 Å². The van der Waals surface area contributed by atoms with E-state index in [0.29, 0.717) is 12.0 Å². The normalized spacial score (nSPS) is 18.9. The number of halogens is 3. The fourth-order valence-electron chi connectivity index (χ4n) is 4.27. The second-order valence-corrected chi connectivity index (χ2v) is 8.60. The van der Waals surface area contributed by atoms with Crippen molar-refractivity contribution in [2.24, 2.45) is 5.92 Å². The van der Waals surface area contributed by atoms with Gasteiger partial charge in [0.2, 0.25) is 0 Å². The van der Waals surface area contributed by atoms with Gasteiger partial charge in [-0.25, -0.2) is 9.48 Å². The van der Waals surface area contributed by atoms with Gasteiger partial charge in [-0.2, -0.15) is 18.3 Å². The topological polar surface area (TPSA) is 67.6 Å². The van der Waals surface area contributed by atoms with Crippen molar-refractivity contribution in [3.8, 4) is 5.69 Å². The quantitative estimate of drug-likeness (QED) is 0.734. The zero-order valence-electron chi connectivity index (χ0n) is 18.4. The molecule has 2 aromatic rings. The minimum absolute atomic E-state index is 0.521. The molecule has 0 bridgehead atoms. The number of benzene rings is 1. The lowest BCUT2D eigenvalue weighted by molar-refractivity contribution is -0.192. The molecule has 0 radical (unpaired) electrons. The third kappa shape index (κ3) is 6.10. The van der Waals surface area contributed by atoms with Gasteiger partial charge >= 0.3 is 12.1 Å². The first-order chi connectivity index (χ1) is 15.2. The predicted molar refractivity (Wildman–Crippen MR) is 114 cm³/mol. The summed E-state index contributed by atoms with van der Waals surface area (Å²) in [7, 11) is 0. The number of ether oxygens (including phenoxy) is 1. The van der Waals surface area contributed by atoms with Gasteiger partial charge in [-0.15, -0.1) is 0 Å². The lowest BCUT2D eigenvalue weighted by Gasteiger charge is -2.36. The number of hydrogen-bond donors (Lipinski definition) is 1. The Labute approximate surface area is 186 Å². The van der Waals surface area contributed by atoms with Crippen molar-refractivity contribution in [2.45, 2.75) is 58.3 Å². The average Bonchev–Trinajstić information content (AvgIpc) is 3.33. The van der Waals surface area contributed by atoms with E-state index >= 15 is 0 Å². The molecule has 1 aromatic carbocycles. The van der Waals surface area contributed by atoms with Gasteiger partial charge < -0.3 is 9.84 Å². The van der Waals surface area contributed by atoms with Crippen molar-refractivity contribution in [1.82, 2.24) is 14.7 Å². The average molecular weight is 454 g/mol. The number of aliphatic carboxylic acids is 1. The third-order valence-electron chi connectivity index (χ3n) is 5.70. The Hall–Kier alpha value is -2.39. The molecule has 1 atom stereocenters. The smallest absolute Gasteiger partial charge is 0.475 e. The van der Waals surface area contributed by atoms with Crippen LogP contribution >= 0.6 is 0 Å². The summed E-state index contributed by atoms with van der Waals surface area (Å²) in [5.74, 6) is -2.06. The van der Waals surface area contributed by atoms with Gasteiger partial charge in [0, 0.05) is 24.8 Å². The zero-order valence-corrected chi connectivity index (χ0v) is 18.4. The van der Waals surface area contributed by atoms with E-state index in [1.54, 1.807) is 0 Å². The van der Waals surface area contributed by atoms with E-state index in [4.69, 9.17) is 19.7 Å². The molecule has 1 N–H and O–H groups in total. The van der Waals surface area contributed by atoms with E-state index in [1.165, 1.54) is 41.9 Å². The maximum Gasteiger partial charge on any atom is 0.490 e. The maximum atomic E-state index is 10.6. The summed E-state index contributed by atoms with van der Waals surface area (Å²) in [5, 5.41) is 12.2. The highest BCUT2D eigenvalue weighted by Gasteiger charge is 2.38. The molecule has 2 aliphatic rings. The minimum atomic E-state index is -5.08. The highest BCUT2D eigenvalue weighted by molar-refractivity contribution is 5.73. The van der Waals surface area contributed by atoms with Crippen LogP contribution in [-0.2, 0) is 28.9 Å². The minimum Gasteiger partial charge on any atom is -0.475 e. The summed E-state index contributed by atoms with van der Waals surface area (Å²) in [6.07, 6.45) is -0.306. The van der Waals surface area contributed by atoms with Crippen molar-refractivity contribution in [2.75, 3.05) is 19.8 Å². The van der Waals surface area contributed by atoms with E-state index in [2.05, 4.69) is 53.8 Å². The highest BCUT2D eigenvalue weighted by Crippen LogP contribution is 2.29.